The molecule has 1 aliphatic heterocycles. The van der Waals surface area contributed by atoms with Crippen LogP contribution in [0.5, 0.6) is 0 Å². The van der Waals surface area contributed by atoms with Gasteiger partial charge in [0.1, 0.15) is 11.0 Å². The van der Waals surface area contributed by atoms with Gasteiger partial charge in [-0.05, 0) is 47.0 Å². The van der Waals surface area contributed by atoms with E-state index in [1.54, 1.807) is 17.4 Å². The van der Waals surface area contributed by atoms with E-state index in [0.717, 1.165) is 24.1 Å². The summed E-state index contributed by atoms with van der Waals surface area (Å²) in [5.41, 5.74) is 3.54. The van der Waals surface area contributed by atoms with Gasteiger partial charge in [0.2, 0.25) is 0 Å². The van der Waals surface area contributed by atoms with Crippen LogP contribution >= 0.6 is 23.1 Å². The second-order valence-electron chi connectivity index (χ2n) is 5.64. The summed E-state index contributed by atoms with van der Waals surface area (Å²) >= 11 is 2.87. The average molecular weight is 344 g/mol. The summed E-state index contributed by atoms with van der Waals surface area (Å²) in [6, 6.07) is 7.87. The highest BCUT2D eigenvalue weighted by molar-refractivity contribution is 7.08. The molecule has 0 spiro atoms. The van der Waals surface area contributed by atoms with E-state index >= 15 is 0 Å². The van der Waals surface area contributed by atoms with Crippen LogP contribution in [-0.4, -0.2) is 39.2 Å². The quantitative estimate of drug-likeness (QED) is 0.773. The van der Waals surface area contributed by atoms with Gasteiger partial charge >= 0.3 is 0 Å². The Hall–Kier alpha value is -1.83. The number of hydrogen-bond donors (Lipinski definition) is 1. The van der Waals surface area contributed by atoms with Gasteiger partial charge in [-0.2, -0.15) is 20.1 Å². The fourth-order valence-corrected chi connectivity index (χ4v) is 4.01. The van der Waals surface area contributed by atoms with E-state index < -0.39 is 0 Å². The van der Waals surface area contributed by atoms with Gasteiger partial charge in [-0.3, -0.25) is 9.69 Å². The maximum atomic E-state index is 12.4. The molecule has 1 aliphatic rings. The smallest absolute Gasteiger partial charge is 0.251 e. The maximum absolute atomic E-state index is 12.4. The highest BCUT2D eigenvalue weighted by atomic mass is 32.1. The zero-order chi connectivity index (χ0) is 15.6. The molecule has 1 N–H and O–H groups in total. The third kappa shape index (κ3) is 2.99. The molecule has 1 fully saturated rings. The molecule has 0 unspecified atom stereocenters. The number of thiophene rings is 1. The molecule has 4 rings (SSSR count). The summed E-state index contributed by atoms with van der Waals surface area (Å²) in [6.45, 7) is 2.84. The molecule has 5 nitrogen and oxygen atoms in total. The second kappa shape index (κ2) is 6.35. The van der Waals surface area contributed by atoms with Crippen molar-refractivity contribution < 1.29 is 4.79 Å². The fraction of sp³-hybridized carbons (Fsp3) is 0.312. The molecule has 0 saturated carbocycles. The van der Waals surface area contributed by atoms with E-state index in [9.17, 15) is 4.79 Å². The van der Waals surface area contributed by atoms with Crippen LogP contribution in [0.4, 0.5) is 0 Å². The molecule has 1 atom stereocenters. The Labute approximate surface area is 142 Å². The first-order chi connectivity index (χ1) is 11.3. The number of rotatable bonds is 5. The number of nitrogens with zero attached hydrogens (tertiary/aromatic N) is 3. The lowest BCUT2D eigenvalue weighted by molar-refractivity contribution is 0.0885. The summed E-state index contributed by atoms with van der Waals surface area (Å²) in [4.78, 5) is 14.9. The number of amides is 1. The molecule has 1 amide bonds. The van der Waals surface area contributed by atoms with Crippen LogP contribution in [0, 0.1) is 0 Å². The Morgan fingerprint density at radius 1 is 1.26 bits per heavy atom. The van der Waals surface area contributed by atoms with Gasteiger partial charge in [0.05, 0.1) is 17.8 Å². The lowest BCUT2D eigenvalue weighted by atomic mass is 10.0. The van der Waals surface area contributed by atoms with Gasteiger partial charge < -0.3 is 5.32 Å². The second-order valence-corrected chi connectivity index (χ2v) is 6.95. The van der Waals surface area contributed by atoms with Crippen molar-refractivity contribution in [1.82, 2.24) is 19.0 Å². The maximum Gasteiger partial charge on any atom is 0.251 e. The number of fused-ring (bicyclic) bond motifs is 1. The minimum atomic E-state index is -0.0550. The van der Waals surface area contributed by atoms with Crippen LogP contribution in [0.15, 0.2) is 35.0 Å². The molecular formula is C16H16N4OS2. The number of likely N-dealkylation sites (tertiary alicyclic amines) is 1. The molecule has 3 heterocycles. The van der Waals surface area contributed by atoms with Crippen LogP contribution in [0.25, 0.3) is 11.0 Å². The molecule has 118 valence electrons. The molecule has 7 heteroatoms. The number of aromatic nitrogens is 2. The number of benzene rings is 1. The molecule has 0 bridgehead atoms. The van der Waals surface area contributed by atoms with Crippen molar-refractivity contribution in [3.63, 3.8) is 0 Å². The topological polar surface area (TPSA) is 58.1 Å². The lowest BCUT2D eigenvalue weighted by Crippen LogP contribution is -2.45. The van der Waals surface area contributed by atoms with Crippen molar-refractivity contribution >= 4 is 40.0 Å². The minimum absolute atomic E-state index is 0.0550. The van der Waals surface area contributed by atoms with Crippen molar-refractivity contribution in [1.29, 1.82) is 0 Å². The fourth-order valence-electron chi connectivity index (χ4n) is 2.79. The van der Waals surface area contributed by atoms with E-state index in [2.05, 4.69) is 35.8 Å². The standard InChI is InChI=1S/C16H16N4OS2/c21-16(11-2-3-13-14(8-11)19-23-18-13)17-9-15(20-5-1-6-20)12-4-7-22-10-12/h2-4,7-8,10,15H,1,5-6,9H2,(H,17,21)/t15-/m1/s1. The first-order valence-corrected chi connectivity index (χ1v) is 9.25. The van der Waals surface area contributed by atoms with Crippen LogP contribution in [0.1, 0.15) is 28.4 Å². The summed E-state index contributed by atoms with van der Waals surface area (Å²) in [5.74, 6) is -0.0550. The highest BCUT2D eigenvalue weighted by Gasteiger charge is 2.26. The van der Waals surface area contributed by atoms with Crippen LogP contribution in [0.3, 0.4) is 0 Å². The Morgan fingerprint density at radius 2 is 2.13 bits per heavy atom. The van der Waals surface area contributed by atoms with E-state index in [1.165, 1.54) is 23.7 Å². The Bertz CT molecular complexity index is 810. The monoisotopic (exact) mass is 344 g/mol. The van der Waals surface area contributed by atoms with Crippen LogP contribution < -0.4 is 5.32 Å². The Balaban J connectivity index is 1.46. The molecule has 2 aromatic heterocycles. The van der Waals surface area contributed by atoms with Gasteiger partial charge in [-0.1, -0.05) is 0 Å². The predicted octanol–water partition coefficient (Wildman–Crippen LogP) is 2.93. The number of nitrogens with one attached hydrogen (secondary N) is 1. The molecule has 23 heavy (non-hydrogen) atoms. The van der Waals surface area contributed by atoms with E-state index in [0.29, 0.717) is 12.1 Å². The number of hydrogen-bond acceptors (Lipinski definition) is 6. The molecule has 3 aromatic rings. The van der Waals surface area contributed by atoms with Crippen LogP contribution in [-0.2, 0) is 0 Å². The Kier molecular flexibility index (Phi) is 4.07. The van der Waals surface area contributed by atoms with Crippen LogP contribution in [0.2, 0.25) is 0 Å². The molecule has 0 aliphatic carbocycles. The molecule has 0 radical (unpaired) electrons. The molecule has 1 saturated heterocycles. The summed E-state index contributed by atoms with van der Waals surface area (Å²) in [7, 11) is 0. The SMILES string of the molecule is O=C(NC[C@H](c1ccsc1)N1CCC1)c1ccc2nsnc2c1. The summed E-state index contributed by atoms with van der Waals surface area (Å²) < 4.78 is 8.35. The van der Waals surface area contributed by atoms with Gasteiger partial charge in [0.25, 0.3) is 5.91 Å². The molecule has 1 aromatic carbocycles. The first kappa shape index (κ1) is 14.7. The normalized spacial score (nSPS) is 16.2. The van der Waals surface area contributed by atoms with E-state index in [1.807, 2.05) is 12.1 Å². The van der Waals surface area contributed by atoms with Crippen molar-refractivity contribution in [3.05, 3.63) is 46.2 Å². The molecular weight excluding hydrogens is 328 g/mol. The van der Waals surface area contributed by atoms with Crippen molar-refractivity contribution in [2.45, 2.75) is 12.5 Å². The minimum Gasteiger partial charge on any atom is -0.350 e. The third-order valence-corrected chi connectivity index (χ3v) is 5.49. The van der Waals surface area contributed by atoms with Gasteiger partial charge in [0, 0.05) is 25.2 Å². The highest BCUT2D eigenvalue weighted by Crippen LogP contribution is 2.26. The average Bonchev–Trinajstić information content (AvgIpc) is 3.18. The first-order valence-electron chi connectivity index (χ1n) is 7.58. The van der Waals surface area contributed by atoms with Crippen molar-refractivity contribution in [2.75, 3.05) is 19.6 Å². The van der Waals surface area contributed by atoms with E-state index in [4.69, 9.17) is 0 Å². The van der Waals surface area contributed by atoms with Crippen molar-refractivity contribution in [2.24, 2.45) is 0 Å². The van der Waals surface area contributed by atoms with Gasteiger partial charge in [0.15, 0.2) is 0 Å². The van der Waals surface area contributed by atoms with Gasteiger partial charge in [-0.15, -0.1) is 0 Å². The lowest BCUT2D eigenvalue weighted by Gasteiger charge is -2.38. The predicted molar refractivity (Wildman–Crippen MR) is 93.0 cm³/mol. The Morgan fingerprint density at radius 3 is 2.87 bits per heavy atom. The number of carbonyl (C=O) groups excluding carboxylic acids is 1. The largest absolute Gasteiger partial charge is 0.350 e. The zero-order valence-corrected chi connectivity index (χ0v) is 14.1. The summed E-state index contributed by atoms with van der Waals surface area (Å²) in [6.07, 6.45) is 1.24. The van der Waals surface area contributed by atoms with Gasteiger partial charge in [-0.25, -0.2) is 0 Å². The third-order valence-electron chi connectivity index (χ3n) is 4.23. The zero-order valence-electron chi connectivity index (χ0n) is 12.4. The van der Waals surface area contributed by atoms with E-state index in [-0.39, 0.29) is 11.9 Å². The number of carbonyl (C=O) groups is 1. The summed E-state index contributed by atoms with van der Waals surface area (Å²) in [5, 5.41) is 7.33. The van der Waals surface area contributed by atoms with Crippen molar-refractivity contribution in [3.8, 4) is 0 Å².